The number of nitrogens with one attached hydrogen (secondary N) is 1. The van der Waals surface area contributed by atoms with Crippen molar-refractivity contribution < 1.29 is 22.8 Å². The van der Waals surface area contributed by atoms with Crippen LogP contribution in [-0.4, -0.2) is 41.3 Å². The average molecular weight is 419 g/mol. The number of halogens is 3. The van der Waals surface area contributed by atoms with E-state index in [0.29, 0.717) is 19.5 Å². The fourth-order valence-corrected chi connectivity index (χ4v) is 3.60. The van der Waals surface area contributed by atoms with Gasteiger partial charge in [0.15, 0.2) is 0 Å². The average Bonchev–Trinajstić information content (AvgIpc) is 2.72. The van der Waals surface area contributed by atoms with Crippen molar-refractivity contribution in [2.24, 2.45) is 0 Å². The van der Waals surface area contributed by atoms with Crippen LogP contribution in [0.3, 0.4) is 0 Å². The second-order valence-electron chi connectivity index (χ2n) is 7.51. The van der Waals surface area contributed by atoms with Gasteiger partial charge >= 0.3 is 6.18 Å². The quantitative estimate of drug-likeness (QED) is 0.807. The molecule has 1 aliphatic heterocycles. The van der Waals surface area contributed by atoms with Crippen molar-refractivity contribution in [2.75, 3.05) is 19.6 Å². The first-order chi connectivity index (χ1) is 14.2. The lowest BCUT2D eigenvalue weighted by Gasteiger charge is -2.32. The molecule has 1 fully saturated rings. The summed E-state index contributed by atoms with van der Waals surface area (Å²) < 4.78 is 38.2. The molecule has 160 valence electrons. The highest BCUT2D eigenvalue weighted by Crippen LogP contribution is 2.30. The predicted octanol–water partition coefficient (Wildman–Crippen LogP) is 3.53. The molecule has 1 atom stereocenters. The number of rotatable bonds is 5. The molecular formula is C22H24F3N3O2. The zero-order valence-electron chi connectivity index (χ0n) is 16.7. The highest BCUT2D eigenvalue weighted by atomic mass is 19.4. The number of carbonyl (C=O) groups is 2. The number of amides is 2. The van der Waals surface area contributed by atoms with Gasteiger partial charge < -0.3 is 10.2 Å². The fourth-order valence-electron chi connectivity index (χ4n) is 3.60. The van der Waals surface area contributed by atoms with Gasteiger partial charge in [0.25, 0.3) is 0 Å². The summed E-state index contributed by atoms with van der Waals surface area (Å²) in [4.78, 5) is 29.8. The van der Waals surface area contributed by atoms with Gasteiger partial charge in [-0.05, 0) is 42.7 Å². The van der Waals surface area contributed by atoms with E-state index >= 15 is 0 Å². The van der Waals surface area contributed by atoms with Crippen molar-refractivity contribution in [3.63, 3.8) is 0 Å². The van der Waals surface area contributed by atoms with E-state index in [2.05, 4.69) is 5.32 Å². The van der Waals surface area contributed by atoms with E-state index < -0.39 is 11.7 Å². The zero-order valence-corrected chi connectivity index (χ0v) is 16.7. The smallest absolute Gasteiger partial charge is 0.347 e. The molecule has 1 N–H and O–H groups in total. The minimum atomic E-state index is -4.35. The van der Waals surface area contributed by atoms with Crippen LogP contribution >= 0.6 is 0 Å². The maximum atomic E-state index is 12.7. The Bertz CT molecular complexity index is 897. The monoisotopic (exact) mass is 419 g/mol. The van der Waals surface area contributed by atoms with Gasteiger partial charge in [-0.1, -0.05) is 18.2 Å². The van der Waals surface area contributed by atoms with E-state index in [4.69, 9.17) is 4.98 Å². The molecule has 0 aliphatic carbocycles. The molecular weight excluding hydrogens is 395 g/mol. The number of likely N-dealkylation sites (tertiary alicyclic amines) is 1. The van der Waals surface area contributed by atoms with Crippen LogP contribution in [0.2, 0.25) is 0 Å². The summed E-state index contributed by atoms with van der Waals surface area (Å²) >= 11 is 0. The van der Waals surface area contributed by atoms with Gasteiger partial charge in [0.2, 0.25) is 11.8 Å². The van der Waals surface area contributed by atoms with Gasteiger partial charge in [0.1, 0.15) is 0 Å². The molecule has 0 spiro atoms. The van der Waals surface area contributed by atoms with Crippen molar-refractivity contribution in [3.05, 3.63) is 65.0 Å². The van der Waals surface area contributed by atoms with Crippen LogP contribution in [0.15, 0.2) is 42.5 Å². The molecule has 1 aliphatic rings. The number of alkyl halides is 3. The maximum absolute atomic E-state index is 12.7. The Morgan fingerprint density at radius 2 is 1.90 bits per heavy atom. The molecule has 2 aromatic rings. The Hall–Kier alpha value is -2.90. The molecule has 3 rings (SSSR count). The second-order valence-corrected chi connectivity index (χ2v) is 7.51. The van der Waals surface area contributed by atoms with Crippen molar-refractivity contribution in [1.29, 1.82) is 0 Å². The van der Waals surface area contributed by atoms with Crippen molar-refractivity contribution >= 4 is 11.8 Å². The van der Waals surface area contributed by atoms with Crippen LogP contribution in [0.5, 0.6) is 0 Å². The predicted molar refractivity (Wildman–Crippen MR) is 106 cm³/mol. The summed E-state index contributed by atoms with van der Waals surface area (Å²) in [6.07, 6.45) is -2.16. The normalized spacial score (nSPS) is 16.9. The van der Waals surface area contributed by atoms with E-state index in [0.717, 1.165) is 41.9 Å². The lowest BCUT2D eigenvalue weighted by atomic mass is 9.93. The van der Waals surface area contributed by atoms with Gasteiger partial charge in [0.05, 0.1) is 12.1 Å². The summed E-state index contributed by atoms with van der Waals surface area (Å²) in [6, 6.07) is 10.8. The lowest BCUT2D eigenvalue weighted by molar-refractivity contribution is -0.137. The Kier molecular flexibility index (Phi) is 6.74. The minimum Gasteiger partial charge on any atom is -0.347 e. The highest BCUT2D eigenvalue weighted by molar-refractivity contribution is 5.83. The molecule has 0 bridgehead atoms. The van der Waals surface area contributed by atoms with Gasteiger partial charge in [-0.25, -0.2) is 0 Å². The summed E-state index contributed by atoms with van der Waals surface area (Å²) in [6.45, 7) is 2.55. The van der Waals surface area contributed by atoms with Crippen LogP contribution in [0.1, 0.15) is 48.2 Å². The highest BCUT2D eigenvalue weighted by Gasteiger charge is 2.30. The number of pyridine rings is 1. The first-order valence-corrected chi connectivity index (χ1v) is 9.86. The zero-order chi connectivity index (χ0) is 21.7. The summed E-state index contributed by atoms with van der Waals surface area (Å²) in [5, 5.41) is 2.53. The number of hydrogen-bond acceptors (Lipinski definition) is 3. The second kappa shape index (κ2) is 9.28. The number of carbonyl (C=O) groups excluding carboxylic acids is 2. The third-order valence-corrected chi connectivity index (χ3v) is 5.18. The van der Waals surface area contributed by atoms with Gasteiger partial charge in [-0.15, -0.1) is 0 Å². The molecule has 2 amide bonds. The van der Waals surface area contributed by atoms with E-state index in [1.165, 1.54) is 19.1 Å². The van der Waals surface area contributed by atoms with Crippen molar-refractivity contribution in [2.45, 2.75) is 38.3 Å². The van der Waals surface area contributed by atoms with Gasteiger partial charge in [-0.2, -0.15) is 13.2 Å². The van der Waals surface area contributed by atoms with E-state index in [1.54, 1.807) is 4.90 Å². The molecule has 0 radical (unpaired) electrons. The van der Waals surface area contributed by atoms with Gasteiger partial charge in [-0.3, -0.25) is 14.6 Å². The van der Waals surface area contributed by atoms with Crippen LogP contribution in [0.4, 0.5) is 13.2 Å². The van der Waals surface area contributed by atoms with Crippen LogP contribution in [-0.2, 0) is 22.2 Å². The fraction of sp³-hybridized carbons (Fsp3) is 0.409. The van der Waals surface area contributed by atoms with Crippen LogP contribution in [0, 0.1) is 0 Å². The molecule has 1 aromatic carbocycles. The molecule has 1 saturated heterocycles. The number of aromatic nitrogens is 1. The molecule has 2 heterocycles. The summed E-state index contributed by atoms with van der Waals surface area (Å²) in [5.74, 6) is -0.266. The molecule has 5 nitrogen and oxygen atoms in total. The van der Waals surface area contributed by atoms with Crippen LogP contribution in [0.25, 0.3) is 0 Å². The van der Waals surface area contributed by atoms with Crippen molar-refractivity contribution in [3.8, 4) is 0 Å². The Morgan fingerprint density at radius 3 is 2.57 bits per heavy atom. The molecule has 1 aromatic heterocycles. The Morgan fingerprint density at radius 1 is 1.17 bits per heavy atom. The summed E-state index contributed by atoms with van der Waals surface area (Å²) in [7, 11) is 0. The number of hydrogen-bond donors (Lipinski definition) is 1. The SMILES string of the molecule is CC(=O)NCC(=O)N1CCC[C@@H](c2cccc(Cc3ccc(C(F)(F)F)cc3)n2)C1. The first-order valence-electron chi connectivity index (χ1n) is 9.86. The van der Waals surface area contributed by atoms with Crippen LogP contribution < -0.4 is 5.32 Å². The molecule has 0 unspecified atom stereocenters. The molecule has 30 heavy (non-hydrogen) atoms. The van der Waals surface area contributed by atoms with Gasteiger partial charge in [0, 0.05) is 43.7 Å². The molecule has 8 heteroatoms. The number of benzene rings is 1. The number of piperidine rings is 1. The third kappa shape index (κ3) is 5.81. The first kappa shape index (κ1) is 21.8. The summed E-state index contributed by atoms with van der Waals surface area (Å²) in [5.41, 5.74) is 1.73. The topological polar surface area (TPSA) is 62.3 Å². The minimum absolute atomic E-state index is 0.0105. The van der Waals surface area contributed by atoms with Crippen molar-refractivity contribution in [1.82, 2.24) is 15.2 Å². The van der Waals surface area contributed by atoms with E-state index in [-0.39, 0.29) is 24.3 Å². The van der Waals surface area contributed by atoms with E-state index in [1.807, 2.05) is 18.2 Å². The third-order valence-electron chi connectivity index (χ3n) is 5.18. The Balaban J connectivity index is 1.66. The number of nitrogens with zero attached hydrogens (tertiary/aromatic N) is 2. The largest absolute Gasteiger partial charge is 0.416 e. The lowest BCUT2D eigenvalue weighted by Crippen LogP contribution is -2.44. The maximum Gasteiger partial charge on any atom is 0.416 e. The standard InChI is InChI=1S/C22H24F3N3O2/c1-15(29)26-13-21(30)28-11-3-4-17(14-28)20-6-2-5-19(27-20)12-16-7-9-18(10-8-16)22(23,24)25/h2,5-10,17H,3-4,11-14H2,1H3,(H,26,29)/t17-/m1/s1. The van der Waals surface area contributed by atoms with E-state index in [9.17, 15) is 22.8 Å². The molecule has 0 saturated carbocycles. The Labute approximate surface area is 173 Å².